The number of hydrogen-bond acceptors (Lipinski definition) is 5. The van der Waals surface area contributed by atoms with Crippen molar-refractivity contribution in [3.8, 4) is 11.5 Å². The first-order chi connectivity index (χ1) is 10.6. The van der Waals surface area contributed by atoms with E-state index >= 15 is 0 Å². The summed E-state index contributed by atoms with van der Waals surface area (Å²) in [5, 5.41) is 10.3. The molecule has 1 aliphatic rings. The fraction of sp³-hybridized carbons (Fsp3) is 0.438. The zero-order chi connectivity index (χ0) is 15.6. The first-order valence-corrected chi connectivity index (χ1v) is 7.62. The van der Waals surface area contributed by atoms with Crippen molar-refractivity contribution >= 4 is 11.6 Å². The van der Waals surface area contributed by atoms with Crippen molar-refractivity contribution in [1.29, 1.82) is 0 Å². The van der Waals surface area contributed by atoms with Crippen molar-refractivity contribution in [1.82, 2.24) is 9.88 Å². The third-order valence-corrected chi connectivity index (χ3v) is 4.23. The maximum Gasteiger partial charge on any atom is 0.226 e. The van der Waals surface area contributed by atoms with Crippen LogP contribution in [0.3, 0.4) is 0 Å². The molecule has 0 aliphatic carbocycles. The van der Waals surface area contributed by atoms with E-state index in [1.165, 1.54) is 0 Å². The quantitative estimate of drug-likeness (QED) is 0.937. The van der Waals surface area contributed by atoms with E-state index in [9.17, 15) is 5.11 Å². The van der Waals surface area contributed by atoms with Crippen molar-refractivity contribution in [3.05, 3.63) is 41.2 Å². The summed E-state index contributed by atoms with van der Waals surface area (Å²) in [5.41, 5.74) is 1.30. The smallest absolute Gasteiger partial charge is 0.226 e. The second-order valence-electron chi connectivity index (χ2n) is 5.78. The zero-order valence-corrected chi connectivity index (χ0v) is 13.2. The van der Waals surface area contributed by atoms with E-state index in [0.29, 0.717) is 30.7 Å². The largest absolute Gasteiger partial charge is 0.444 e. The number of aliphatic hydroxyl groups excluding tert-OH is 1. The predicted octanol–water partition coefficient (Wildman–Crippen LogP) is 2.58. The Morgan fingerprint density at radius 3 is 3.09 bits per heavy atom. The van der Waals surface area contributed by atoms with Crippen molar-refractivity contribution < 1.29 is 14.3 Å². The molecule has 0 spiro atoms. The predicted molar refractivity (Wildman–Crippen MR) is 83.7 cm³/mol. The molecular weight excluding hydrogens is 304 g/mol. The summed E-state index contributed by atoms with van der Waals surface area (Å²) in [7, 11) is 0. The molecule has 3 rings (SSSR count). The second-order valence-corrected chi connectivity index (χ2v) is 6.22. The molecular formula is C16H19ClN2O3. The van der Waals surface area contributed by atoms with Gasteiger partial charge in [0.1, 0.15) is 6.26 Å². The van der Waals surface area contributed by atoms with Gasteiger partial charge < -0.3 is 14.3 Å². The van der Waals surface area contributed by atoms with Crippen LogP contribution in [-0.4, -0.2) is 46.9 Å². The Kier molecular flexibility index (Phi) is 4.49. The highest BCUT2D eigenvalue weighted by Gasteiger charge is 2.35. The molecule has 1 aliphatic heterocycles. The van der Waals surface area contributed by atoms with Crippen LogP contribution in [0.5, 0.6) is 0 Å². The molecule has 1 fully saturated rings. The monoisotopic (exact) mass is 322 g/mol. The lowest BCUT2D eigenvalue weighted by Gasteiger charge is -2.42. The number of morpholine rings is 1. The molecule has 0 amide bonds. The number of ether oxygens (including phenoxy) is 1. The van der Waals surface area contributed by atoms with Gasteiger partial charge in [-0.05, 0) is 25.1 Å². The van der Waals surface area contributed by atoms with Crippen molar-refractivity contribution in [3.63, 3.8) is 0 Å². The molecule has 0 unspecified atom stereocenters. The normalized spacial score (nSPS) is 22.9. The third-order valence-electron chi connectivity index (χ3n) is 4.00. The Morgan fingerprint density at radius 2 is 2.32 bits per heavy atom. The molecule has 2 heterocycles. The van der Waals surface area contributed by atoms with E-state index in [4.69, 9.17) is 20.8 Å². The SMILES string of the molecule is C[C@@]1(CO)COCCN1Cc1coc(-c2cccc(Cl)c2)n1. The number of benzene rings is 1. The van der Waals surface area contributed by atoms with E-state index < -0.39 is 0 Å². The van der Waals surface area contributed by atoms with Crippen LogP contribution < -0.4 is 0 Å². The summed E-state index contributed by atoms with van der Waals surface area (Å²) in [5.74, 6) is 0.552. The fourth-order valence-electron chi connectivity index (χ4n) is 2.57. The molecule has 0 radical (unpaired) electrons. The number of nitrogens with zero attached hydrogens (tertiary/aromatic N) is 2. The van der Waals surface area contributed by atoms with Gasteiger partial charge in [0.15, 0.2) is 0 Å². The average Bonchev–Trinajstić information content (AvgIpc) is 2.98. The summed E-state index contributed by atoms with van der Waals surface area (Å²) in [6.45, 7) is 4.59. The first-order valence-electron chi connectivity index (χ1n) is 7.25. The van der Waals surface area contributed by atoms with Crippen LogP contribution in [0, 0.1) is 0 Å². The second kappa shape index (κ2) is 6.38. The summed E-state index contributed by atoms with van der Waals surface area (Å²) >= 11 is 5.99. The molecule has 5 nitrogen and oxygen atoms in total. The van der Waals surface area contributed by atoms with Gasteiger partial charge in [0.25, 0.3) is 0 Å². The van der Waals surface area contributed by atoms with Gasteiger partial charge in [-0.3, -0.25) is 4.90 Å². The van der Waals surface area contributed by atoms with Gasteiger partial charge in [-0.15, -0.1) is 0 Å². The number of oxazole rings is 1. The maximum atomic E-state index is 9.63. The standard InChI is InChI=1S/C16H19ClN2O3/c1-16(10-20)11-21-6-5-19(16)8-14-9-22-15(18-14)12-3-2-4-13(17)7-12/h2-4,7,9,20H,5-6,8,10-11H2,1H3/t16-/m1/s1. The summed E-state index contributed by atoms with van der Waals surface area (Å²) in [6.07, 6.45) is 1.66. The molecule has 1 saturated heterocycles. The number of hydrogen-bond donors (Lipinski definition) is 1. The van der Waals surface area contributed by atoms with Crippen LogP contribution in [0.4, 0.5) is 0 Å². The molecule has 22 heavy (non-hydrogen) atoms. The Morgan fingerprint density at radius 1 is 1.45 bits per heavy atom. The van der Waals surface area contributed by atoms with Gasteiger partial charge >= 0.3 is 0 Å². The summed E-state index contributed by atoms with van der Waals surface area (Å²) in [6, 6.07) is 7.42. The molecule has 6 heteroatoms. The number of aromatic nitrogens is 1. The lowest BCUT2D eigenvalue weighted by atomic mass is 10.0. The summed E-state index contributed by atoms with van der Waals surface area (Å²) in [4.78, 5) is 6.70. The van der Waals surface area contributed by atoms with Crippen molar-refractivity contribution in [2.75, 3.05) is 26.4 Å². The number of rotatable bonds is 4. The molecule has 0 saturated carbocycles. The molecule has 1 aromatic carbocycles. The minimum Gasteiger partial charge on any atom is -0.444 e. The minimum atomic E-state index is -0.382. The van der Waals surface area contributed by atoms with E-state index in [1.807, 2.05) is 31.2 Å². The van der Waals surface area contributed by atoms with Gasteiger partial charge in [-0.25, -0.2) is 4.98 Å². The van der Waals surface area contributed by atoms with E-state index in [0.717, 1.165) is 17.8 Å². The van der Waals surface area contributed by atoms with E-state index in [1.54, 1.807) is 6.26 Å². The minimum absolute atomic E-state index is 0.0476. The van der Waals surface area contributed by atoms with Crippen molar-refractivity contribution in [2.24, 2.45) is 0 Å². The van der Waals surface area contributed by atoms with Crippen LogP contribution in [0.2, 0.25) is 5.02 Å². The van der Waals surface area contributed by atoms with E-state index in [2.05, 4.69) is 9.88 Å². The zero-order valence-electron chi connectivity index (χ0n) is 12.5. The van der Waals surface area contributed by atoms with E-state index in [-0.39, 0.29) is 12.1 Å². The van der Waals surface area contributed by atoms with Gasteiger partial charge in [-0.1, -0.05) is 17.7 Å². The van der Waals surface area contributed by atoms with Crippen LogP contribution in [0.1, 0.15) is 12.6 Å². The Bertz CT molecular complexity index is 646. The van der Waals surface area contributed by atoms with Gasteiger partial charge in [0.05, 0.1) is 31.1 Å². The Balaban J connectivity index is 1.76. The highest BCUT2D eigenvalue weighted by molar-refractivity contribution is 6.30. The van der Waals surface area contributed by atoms with Crippen LogP contribution >= 0.6 is 11.6 Å². The lowest BCUT2D eigenvalue weighted by molar-refractivity contribution is -0.0867. The van der Waals surface area contributed by atoms with Gasteiger partial charge in [0.2, 0.25) is 5.89 Å². The molecule has 0 bridgehead atoms. The molecule has 1 atom stereocenters. The lowest BCUT2D eigenvalue weighted by Crippen LogP contribution is -2.56. The van der Waals surface area contributed by atoms with Crippen LogP contribution in [-0.2, 0) is 11.3 Å². The average molecular weight is 323 g/mol. The molecule has 118 valence electrons. The highest BCUT2D eigenvalue weighted by Crippen LogP contribution is 2.25. The van der Waals surface area contributed by atoms with Gasteiger partial charge in [0, 0.05) is 23.7 Å². The first kappa shape index (κ1) is 15.5. The number of halogens is 1. The third kappa shape index (κ3) is 3.17. The van der Waals surface area contributed by atoms with Crippen LogP contribution in [0.25, 0.3) is 11.5 Å². The topological polar surface area (TPSA) is 58.7 Å². The highest BCUT2D eigenvalue weighted by atomic mass is 35.5. The fourth-order valence-corrected chi connectivity index (χ4v) is 2.76. The van der Waals surface area contributed by atoms with Crippen molar-refractivity contribution in [2.45, 2.75) is 19.0 Å². The summed E-state index contributed by atoms with van der Waals surface area (Å²) < 4.78 is 11.0. The Labute approximate surface area is 134 Å². The van der Waals surface area contributed by atoms with Crippen LogP contribution in [0.15, 0.2) is 34.9 Å². The number of aliphatic hydroxyl groups is 1. The van der Waals surface area contributed by atoms with Gasteiger partial charge in [-0.2, -0.15) is 0 Å². The molecule has 1 aromatic heterocycles. The molecule has 1 N–H and O–H groups in total. The molecule has 2 aromatic rings. The maximum absolute atomic E-state index is 9.63. The Hall–Kier alpha value is -1.40.